The van der Waals surface area contributed by atoms with Crippen LogP contribution in [0.25, 0.3) is 0 Å². The van der Waals surface area contributed by atoms with Gasteiger partial charge in [-0.1, -0.05) is 0 Å². The lowest BCUT2D eigenvalue weighted by molar-refractivity contribution is -0.384. The van der Waals surface area contributed by atoms with Crippen molar-refractivity contribution in [2.45, 2.75) is 4.90 Å². The molecule has 0 amide bonds. The first kappa shape index (κ1) is 12.5. The minimum absolute atomic E-state index is 0.353. The van der Waals surface area contributed by atoms with E-state index in [1.807, 2.05) is 0 Å². The van der Waals surface area contributed by atoms with E-state index in [1.165, 1.54) is 0 Å². The summed E-state index contributed by atoms with van der Waals surface area (Å²) in [5, 5.41) is 14.8. The molecule has 0 saturated carbocycles. The Kier molecular flexibility index (Phi) is 2.99. The maximum Gasteiger partial charge on any atom is 0.319 e. The van der Waals surface area contributed by atoms with Gasteiger partial charge in [-0.25, -0.2) is 13.6 Å². The molecule has 0 radical (unpaired) electrons. The molecule has 0 aliphatic rings. The van der Waals surface area contributed by atoms with E-state index in [2.05, 4.69) is 5.14 Å². The molecular formula is C6H6N2O6S2. The van der Waals surface area contributed by atoms with Crippen molar-refractivity contribution < 1.29 is 21.8 Å². The van der Waals surface area contributed by atoms with Gasteiger partial charge in [0.25, 0.3) is 14.6 Å². The molecule has 1 aromatic rings. The van der Waals surface area contributed by atoms with Gasteiger partial charge in [0.1, 0.15) is 0 Å². The van der Waals surface area contributed by atoms with Gasteiger partial charge in [-0.15, -0.1) is 0 Å². The van der Waals surface area contributed by atoms with Crippen molar-refractivity contribution in [1.82, 2.24) is 0 Å². The second kappa shape index (κ2) is 3.81. The summed E-state index contributed by atoms with van der Waals surface area (Å²) in [7, 11) is -9.48. The van der Waals surface area contributed by atoms with Crippen molar-refractivity contribution in [3.8, 4) is 0 Å². The second-order valence-electron chi connectivity index (χ2n) is 2.70. The van der Waals surface area contributed by atoms with Crippen molar-refractivity contribution >= 4 is 23.6 Å². The maximum atomic E-state index is 11.3. The van der Waals surface area contributed by atoms with Crippen molar-refractivity contribution in [2.75, 3.05) is 0 Å². The number of non-ortho nitro benzene ring substituents is 1. The summed E-state index contributed by atoms with van der Waals surface area (Å²) in [6, 6.07) is 3.35. The van der Waals surface area contributed by atoms with E-state index in [4.69, 9.17) is 0 Å². The predicted octanol–water partition coefficient (Wildman–Crippen LogP) is -0.428. The van der Waals surface area contributed by atoms with Gasteiger partial charge in [-0.05, 0) is 12.1 Å². The predicted molar refractivity (Wildman–Crippen MR) is 53.4 cm³/mol. The molecule has 0 atom stereocenters. The molecular weight excluding hydrogens is 260 g/mol. The Labute approximate surface area is 90.2 Å². The van der Waals surface area contributed by atoms with Crippen molar-refractivity contribution in [3.63, 3.8) is 0 Å². The number of nitro benzene ring substituents is 1. The zero-order valence-electron chi connectivity index (χ0n) is 7.60. The largest absolute Gasteiger partial charge is 0.319 e. The third kappa shape index (κ3) is 2.18. The van der Waals surface area contributed by atoms with Gasteiger partial charge in [0.2, 0.25) is 0 Å². The van der Waals surface area contributed by atoms with Gasteiger partial charge >= 0.3 is 9.06 Å². The lowest BCUT2D eigenvalue weighted by Crippen LogP contribution is -2.23. The Bertz CT molecular complexity index is 615. The smallest absolute Gasteiger partial charge is 0.258 e. The van der Waals surface area contributed by atoms with Crippen LogP contribution in [0, 0.1) is 10.1 Å². The quantitative estimate of drug-likeness (QED) is 0.447. The first-order valence-corrected chi connectivity index (χ1v) is 7.23. The normalized spacial score (nSPS) is 12.3. The average molecular weight is 266 g/mol. The van der Waals surface area contributed by atoms with Gasteiger partial charge in [-0.2, -0.15) is 8.42 Å². The molecule has 16 heavy (non-hydrogen) atoms. The molecule has 0 saturated heterocycles. The van der Waals surface area contributed by atoms with Crippen LogP contribution in [-0.4, -0.2) is 21.8 Å². The van der Waals surface area contributed by atoms with Crippen LogP contribution in [-0.2, 0) is 17.9 Å². The van der Waals surface area contributed by atoms with E-state index in [9.17, 15) is 26.9 Å². The molecule has 0 heterocycles. The lowest BCUT2D eigenvalue weighted by atomic mass is 10.3. The molecule has 2 N–H and O–H groups in total. The Morgan fingerprint density at radius 2 is 1.50 bits per heavy atom. The van der Waals surface area contributed by atoms with E-state index in [0.717, 1.165) is 24.3 Å². The van der Waals surface area contributed by atoms with E-state index in [1.54, 1.807) is 0 Å². The highest BCUT2D eigenvalue weighted by Gasteiger charge is 2.28. The molecule has 0 spiro atoms. The highest BCUT2D eigenvalue weighted by molar-refractivity contribution is 8.66. The molecule has 1 aromatic carbocycles. The van der Waals surface area contributed by atoms with E-state index >= 15 is 0 Å². The fraction of sp³-hybridized carbons (Fsp3) is 0. The number of nitrogens with two attached hydrogens (primary N) is 1. The summed E-state index contributed by atoms with van der Waals surface area (Å²) in [6.45, 7) is 0. The van der Waals surface area contributed by atoms with Gasteiger partial charge < -0.3 is 0 Å². The molecule has 8 nitrogen and oxygen atoms in total. The SMILES string of the molecule is NS(=O)(=O)S(=O)(=O)c1ccc([N+](=O)[O-])cc1. The molecule has 0 unspecified atom stereocenters. The number of rotatable bonds is 3. The number of hydrogen-bond acceptors (Lipinski definition) is 6. The van der Waals surface area contributed by atoms with Crippen molar-refractivity contribution in [3.05, 3.63) is 34.4 Å². The van der Waals surface area contributed by atoms with Gasteiger partial charge in [0.05, 0.1) is 9.82 Å². The molecule has 1 rings (SSSR count). The fourth-order valence-electron chi connectivity index (χ4n) is 0.869. The monoisotopic (exact) mass is 266 g/mol. The Morgan fingerprint density at radius 1 is 1.06 bits per heavy atom. The molecule has 0 fully saturated rings. The van der Waals surface area contributed by atoms with Crippen LogP contribution in [0.5, 0.6) is 0 Å². The van der Waals surface area contributed by atoms with E-state index < -0.39 is 27.7 Å². The minimum atomic E-state index is -4.79. The summed E-state index contributed by atoms with van der Waals surface area (Å²) in [6.07, 6.45) is 0. The standard InChI is InChI=1S/C6H6N2O6S2/c7-16(13,14)15(11,12)6-3-1-5(2-4-6)8(9)10/h1-4H,(H2,7,13,14). The number of nitrogens with zero attached hydrogens (tertiary/aromatic N) is 1. The summed E-state index contributed by atoms with van der Waals surface area (Å²) >= 11 is 0. The summed E-state index contributed by atoms with van der Waals surface area (Å²) < 4.78 is 44.0. The highest BCUT2D eigenvalue weighted by atomic mass is 33.2. The molecule has 0 aliphatic carbocycles. The molecule has 0 aliphatic heterocycles. The average Bonchev–Trinajstić information content (AvgIpc) is 2.16. The first-order chi connectivity index (χ1) is 7.16. The van der Waals surface area contributed by atoms with Gasteiger partial charge in [0, 0.05) is 12.1 Å². The molecule has 10 heteroatoms. The third-order valence-electron chi connectivity index (χ3n) is 1.64. The van der Waals surface area contributed by atoms with Crippen molar-refractivity contribution in [2.24, 2.45) is 5.14 Å². The number of nitro groups is 1. The van der Waals surface area contributed by atoms with Crippen LogP contribution in [0.1, 0.15) is 0 Å². The Balaban J connectivity index is 3.34. The molecule has 0 aromatic heterocycles. The van der Waals surface area contributed by atoms with Crippen LogP contribution in [0.4, 0.5) is 5.69 Å². The summed E-state index contributed by atoms with van der Waals surface area (Å²) in [5.41, 5.74) is -0.353. The van der Waals surface area contributed by atoms with Gasteiger partial charge in [0.15, 0.2) is 0 Å². The molecule has 88 valence electrons. The highest BCUT2D eigenvalue weighted by Crippen LogP contribution is 2.18. The van der Waals surface area contributed by atoms with Crippen LogP contribution in [0.2, 0.25) is 0 Å². The van der Waals surface area contributed by atoms with Gasteiger partial charge in [-0.3, -0.25) is 10.1 Å². The van der Waals surface area contributed by atoms with Crippen LogP contribution in [0.3, 0.4) is 0 Å². The fourth-order valence-corrected chi connectivity index (χ4v) is 2.74. The zero-order chi connectivity index (χ0) is 12.6. The van der Waals surface area contributed by atoms with Crippen LogP contribution in [0.15, 0.2) is 29.2 Å². The topological polar surface area (TPSA) is 137 Å². The minimum Gasteiger partial charge on any atom is -0.258 e. The maximum absolute atomic E-state index is 11.3. The Morgan fingerprint density at radius 3 is 1.81 bits per heavy atom. The van der Waals surface area contributed by atoms with E-state index in [-0.39, 0.29) is 5.69 Å². The third-order valence-corrected chi connectivity index (χ3v) is 5.52. The first-order valence-electron chi connectivity index (χ1n) is 3.68. The van der Waals surface area contributed by atoms with Crippen LogP contribution >= 0.6 is 0 Å². The Hall–Kier alpha value is -1.52. The van der Waals surface area contributed by atoms with Crippen molar-refractivity contribution in [1.29, 1.82) is 0 Å². The number of hydrogen-bond donors (Lipinski definition) is 1. The molecule has 0 bridgehead atoms. The number of benzene rings is 1. The van der Waals surface area contributed by atoms with E-state index in [0.29, 0.717) is 0 Å². The lowest BCUT2D eigenvalue weighted by Gasteiger charge is -2.00. The second-order valence-corrected chi connectivity index (χ2v) is 7.77. The summed E-state index contributed by atoms with van der Waals surface area (Å²) in [4.78, 5) is 8.92. The van der Waals surface area contributed by atoms with Crippen LogP contribution < -0.4 is 5.14 Å². The summed E-state index contributed by atoms with van der Waals surface area (Å²) in [5.74, 6) is 0. The zero-order valence-corrected chi connectivity index (χ0v) is 9.23.